The quantitative estimate of drug-likeness (QED) is 0.0876. The molecule has 0 aliphatic carbocycles. The summed E-state index contributed by atoms with van der Waals surface area (Å²) in [6, 6.07) is 49.7. The van der Waals surface area contributed by atoms with Crippen LogP contribution < -0.4 is 10.6 Å². The number of esters is 1. The maximum Gasteiger partial charge on any atom is 0.414 e. The van der Waals surface area contributed by atoms with E-state index in [4.69, 9.17) is 24.2 Å². The van der Waals surface area contributed by atoms with Crippen molar-refractivity contribution in [2.45, 2.75) is 76.9 Å². The van der Waals surface area contributed by atoms with Crippen LogP contribution in [0, 0.1) is 0 Å². The number of nitrogens with zero attached hydrogens (tertiary/aromatic N) is 4. The summed E-state index contributed by atoms with van der Waals surface area (Å²) in [5.74, 6) is -2.23. The number of guanidine groups is 2. The van der Waals surface area contributed by atoms with Gasteiger partial charge in [-0.25, -0.2) is 29.2 Å². The van der Waals surface area contributed by atoms with Crippen molar-refractivity contribution in [3.63, 3.8) is 0 Å². The predicted molar refractivity (Wildman–Crippen MR) is 273 cm³/mol. The number of amides is 4. The maximum absolute atomic E-state index is 14.3. The van der Waals surface area contributed by atoms with Gasteiger partial charge in [0.15, 0.2) is 11.1 Å². The molecule has 0 fully saturated rings. The Morgan fingerprint density at radius 3 is 1.15 bits per heavy atom. The number of hydrogen-bond acceptors (Lipinski definition) is 11. The standard InChI is InChI=1S/C29H29N3O5.C28H27N3O5/c1-28(2,3)37-27(35)30-26-31-29(22-14-7-5-8-15-22,23-16-9-6-10-17-23)25(34)32(26)19-20-12-11-13-21(18-20)24(33)36-4;1-27(2,3)36-26(35)29-25-30-28(21-13-6-4-7-14-21,22-15-8-5-9-16-22)24(34)31(25)18-19-11-10-12-20(17-19)23(32)33/h5-18H,19H2,1-4H3,(H,30,31,35);4-17H,18H2,1-3H3,(H,32,33)(H,29,30,35). The number of carbonyl (C=O) groups is 6. The minimum Gasteiger partial charge on any atom is -0.478 e. The van der Waals surface area contributed by atoms with Crippen molar-refractivity contribution in [1.82, 2.24) is 20.4 Å². The lowest BCUT2D eigenvalue weighted by Gasteiger charge is -2.27. The molecule has 8 rings (SSSR count). The fraction of sp³-hybridized carbons (Fsp3) is 0.228. The second kappa shape index (κ2) is 21.6. The number of aromatic carboxylic acids is 1. The van der Waals surface area contributed by atoms with E-state index in [1.54, 1.807) is 77.9 Å². The van der Waals surface area contributed by atoms with Gasteiger partial charge in [0, 0.05) is 0 Å². The van der Waals surface area contributed by atoms with Gasteiger partial charge < -0.3 is 19.3 Å². The van der Waals surface area contributed by atoms with Crippen molar-refractivity contribution >= 4 is 47.9 Å². The van der Waals surface area contributed by atoms with Crippen LogP contribution in [0.4, 0.5) is 9.59 Å². The Bertz CT molecular complexity index is 2980. The maximum atomic E-state index is 14.3. The number of aliphatic imine (C=N–C) groups is 2. The SMILES string of the molecule is CC(C)(C)OC(=O)NC1=NC(c2ccccc2)(c2ccccc2)C(=O)N1Cc1cccc(C(=O)O)c1.COC(=O)c1cccc(CN2C(=O)C(c3ccccc3)(c3ccccc3)N=C2NC(=O)OC(C)(C)C)c1. The first-order valence-corrected chi connectivity index (χ1v) is 23.3. The molecule has 73 heavy (non-hydrogen) atoms. The van der Waals surface area contributed by atoms with Crippen molar-refractivity contribution in [1.29, 1.82) is 0 Å². The molecular weight excluding hydrogens is 929 g/mol. The highest BCUT2D eigenvalue weighted by Gasteiger charge is 2.53. The second-order valence-corrected chi connectivity index (χ2v) is 19.0. The molecule has 0 unspecified atom stereocenters. The molecule has 16 heteroatoms. The largest absolute Gasteiger partial charge is 0.478 e. The van der Waals surface area contributed by atoms with Crippen molar-refractivity contribution in [2.75, 3.05) is 7.11 Å². The highest BCUT2D eigenvalue weighted by molar-refractivity contribution is 6.14. The second-order valence-electron chi connectivity index (χ2n) is 19.0. The number of benzene rings is 6. The molecule has 6 aromatic carbocycles. The van der Waals surface area contributed by atoms with Gasteiger partial charge in [-0.2, -0.15) is 0 Å². The Labute approximate surface area is 423 Å². The van der Waals surface area contributed by atoms with Crippen LogP contribution in [0.5, 0.6) is 0 Å². The average Bonchev–Trinajstić information content (AvgIpc) is 3.79. The summed E-state index contributed by atoms with van der Waals surface area (Å²) in [7, 11) is 1.31. The fourth-order valence-corrected chi connectivity index (χ4v) is 8.28. The third kappa shape index (κ3) is 11.8. The van der Waals surface area contributed by atoms with E-state index in [9.17, 15) is 33.9 Å². The van der Waals surface area contributed by atoms with Crippen LogP contribution >= 0.6 is 0 Å². The zero-order valence-corrected chi connectivity index (χ0v) is 41.5. The van der Waals surface area contributed by atoms with Crippen molar-refractivity contribution in [3.05, 3.63) is 214 Å². The van der Waals surface area contributed by atoms with Crippen LogP contribution in [0.1, 0.15) is 95.6 Å². The summed E-state index contributed by atoms with van der Waals surface area (Å²) in [6.45, 7) is 10.5. The number of nitrogens with one attached hydrogen (secondary N) is 2. The summed E-state index contributed by atoms with van der Waals surface area (Å²) < 4.78 is 15.7. The number of carbonyl (C=O) groups excluding carboxylic acids is 5. The van der Waals surface area contributed by atoms with Crippen molar-refractivity contribution < 1.29 is 48.1 Å². The molecule has 3 N–H and O–H groups in total. The minimum atomic E-state index is -1.45. The molecule has 2 aliphatic rings. The van der Waals surface area contributed by atoms with E-state index in [0.717, 1.165) is 0 Å². The molecule has 6 aromatic rings. The third-order valence-corrected chi connectivity index (χ3v) is 11.4. The summed E-state index contributed by atoms with van der Waals surface area (Å²) in [5.41, 5.74) is -0.140. The van der Waals surface area contributed by atoms with E-state index in [1.807, 2.05) is 121 Å². The first-order valence-electron chi connectivity index (χ1n) is 23.3. The van der Waals surface area contributed by atoms with E-state index in [1.165, 1.54) is 29.0 Å². The molecule has 0 radical (unpaired) electrons. The highest BCUT2D eigenvalue weighted by Crippen LogP contribution is 2.42. The van der Waals surface area contributed by atoms with Crippen molar-refractivity contribution in [2.24, 2.45) is 9.98 Å². The Kier molecular flexibility index (Phi) is 15.4. The van der Waals surface area contributed by atoms with Crippen LogP contribution in [-0.4, -0.2) is 81.1 Å². The van der Waals surface area contributed by atoms with Crippen molar-refractivity contribution in [3.8, 4) is 0 Å². The van der Waals surface area contributed by atoms with E-state index in [2.05, 4.69) is 10.6 Å². The lowest BCUT2D eigenvalue weighted by Crippen LogP contribution is -2.47. The van der Waals surface area contributed by atoms with Gasteiger partial charge in [0.1, 0.15) is 11.2 Å². The summed E-state index contributed by atoms with van der Waals surface area (Å²) >= 11 is 0. The van der Waals surface area contributed by atoms with Crippen LogP contribution in [0.3, 0.4) is 0 Å². The van der Waals surface area contributed by atoms with Gasteiger partial charge in [0.2, 0.25) is 11.9 Å². The number of ether oxygens (including phenoxy) is 3. The molecule has 0 atom stereocenters. The summed E-state index contributed by atoms with van der Waals surface area (Å²) in [4.78, 5) is 90.0. The molecule has 0 bridgehead atoms. The Morgan fingerprint density at radius 1 is 0.507 bits per heavy atom. The molecule has 2 aliphatic heterocycles. The minimum absolute atomic E-state index is 0.00397. The Balaban J connectivity index is 0.000000214. The number of hydrogen-bond donors (Lipinski definition) is 3. The molecule has 0 saturated heterocycles. The molecule has 0 saturated carbocycles. The molecule has 0 aromatic heterocycles. The van der Waals surface area contributed by atoms with Gasteiger partial charge >= 0.3 is 24.1 Å². The molecular formula is C57H56N6O10. The molecule has 2 heterocycles. The summed E-state index contributed by atoms with van der Waals surface area (Å²) in [6.07, 6.45) is -1.49. The van der Waals surface area contributed by atoms with Crippen LogP contribution in [0.25, 0.3) is 0 Å². The van der Waals surface area contributed by atoms with Gasteiger partial charge in [0.25, 0.3) is 11.8 Å². The topological polar surface area (TPSA) is 206 Å². The van der Waals surface area contributed by atoms with E-state index < -0.39 is 46.4 Å². The van der Waals surface area contributed by atoms with Crippen LogP contribution in [0.2, 0.25) is 0 Å². The summed E-state index contributed by atoms with van der Waals surface area (Å²) in [5, 5.41) is 14.7. The molecule has 16 nitrogen and oxygen atoms in total. The fourth-order valence-electron chi connectivity index (χ4n) is 8.28. The van der Waals surface area contributed by atoms with Gasteiger partial charge in [-0.05, 0) is 99.2 Å². The van der Waals surface area contributed by atoms with E-state index in [-0.39, 0.29) is 42.4 Å². The van der Waals surface area contributed by atoms with Gasteiger partial charge in [0.05, 0.1) is 31.3 Å². The first-order chi connectivity index (χ1) is 34.7. The van der Waals surface area contributed by atoms with Crippen LogP contribution in [0.15, 0.2) is 180 Å². The van der Waals surface area contributed by atoms with Gasteiger partial charge in [-0.1, -0.05) is 146 Å². The average molecular weight is 985 g/mol. The van der Waals surface area contributed by atoms with Crippen LogP contribution in [-0.2, 0) is 48.0 Å². The lowest BCUT2D eigenvalue weighted by atomic mass is 9.83. The monoisotopic (exact) mass is 984 g/mol. The Morgan fingerprint density at radius 2 is 0.836 bits per heavy atom. The van der Waals surface area contributed by atoms with Gasteiger partial charge in [-0.3, -0.25) is 30.0 Å². The Hall–Kier alpha value is -8.92. The number of methoxy groups -OCH3 is 1. The number of alkyl carbamates (subject to hydrolysis) is 2. The molecule has 374 valence electrons. The van der Waals surface area contributed by atoms with E-state index in [0.29, 0.717) is 38.9 Å². The zero-order valence-electron chi connectivity index (χ0n) is 41.5. The van der Waals surface area contributed by atoms with E-state index >= 15 is 0 Å². The molecule has 0 spiro atoms. The highest BCUT2D eigenvalue weighted by atomic mass is 16.6. The first kappa shape index (κ1) is 51.9. The number of carboxylic acid groups (broad SMARTS) is 1. The smallest absolute Gasteiger partial charge is 0.414 e. The lowest BCUT2D eigenvalue weighted by molar-refractivity contribution is -0.131. The third-order valence-electron chi connectivity index (χ3n) is 11.4. The van der Waals surface area contributed by atoms with Gasteiger partial charge in [-0.15, -0.1) is 0 Å². The number of rotatable bonds is 10. The normalized spacial score (nSPS) is 14.7. The zero-order chi connectivity index (χ0) is 52.6. The number of carboxylic acids is 1. The molecule has 4 amide bonds. The predicted octanol–water partition coefficient (Wildman–Crippen LogP) is 9.19.